The van der Waals surface area contributed by atoms with Crippen molar-refractivity contribution < 1.29 is 14.4 Å². The summed E-state index contributed by atoms with van der Waals surface area (Å²) in [5.41, 5.74) is 0.673. The van der Waals surface area contributed by atoms with Crippen molar-refractivity contribution in [1.82, 2.24) is 5.06 Å². The smallest absolute Gasteiger partial charge is 0.328 e. The molecule has 0 saturated heterocycles. The van der Waals surface area contributed by atoms with Gasteiger partial charge in [0.25, 0.3) is 5.91 Å². The molecular formula is C10H15NO3. The van der Waals surface area contributed by atoms with E-state index in [9.17, 15) is 9.59 Å². The molecule has 0 fully saturated rings. The summed E-state index contributed by atoms with van der Waals surface area (Å²) in [6.07, 6.45) is 0.531. The van der Waals surface area contributed by atoms with Gasteiger partial charge in [-0.05, 0) is 13.3 Å². The lowest BCUT2D eigenvalue weighted by atomic mass is 10.3. The Morgan fingerprint density at radius 2 is 1.79 bits per heavy atom. The highest BCUT2D eigenvalue weighted by atomic mass is 16.7. The van der Waals surface area contributed by atoms with Crippen molar-refractivity contribution in [2.24, 2.45) is 0 Å². The fraction of sp³-hybridized carbons (Fsp3) is 0.400. The van der Waals surface area contributed by atoms with Crippen molar-refractivity contribution in [1.29, 1.82) is 0 Å². The van der Waals surface area contributed by atoms with Gasteiger partial charge in [0.1, 0.15) is 0 Å². The number of carbonyl (C=O) groups excluding carboxylic acids is 2. The molecule has 4 heteroatoms. The van der Waals surface area contributed by atoms with Crippen LogP contribution in [0.4, 0.5) is 0 Å². The first-order chi connectivity index (χ1) is 6.40. The minimum atomic E-state index is -0.630. The van der Waals surface area contributed by atoms with E-state index in [-0.39, 0.29) is 11.5 Å². The molecule has 0 aliphatic heterocycles. The van der Waals surface area contributed by atoms with E-state index in [0.717, 1.165) is 5.06 Å². The molecule has 0 saturated carbocycles. The summed E-state index contributed by atoms with van der Waals surface area (Å²) in [4.78, 5) is 27.0. The predicted molar refractivity (Wildman–Crippen MR) is 52.9 cm³/mol. The summed E-state index contributed by atoms with van der Waals surface area (Å²) >= 11 is 0. The second-order valence-corrected chi connectivity index (χ2v) is 2.89. The van der Waals surface area contributed by atoms with Gasteiger partial charge >= 0.3 is 5.97 Å². The van der Waals surface area contributed by atoms with Gasteiger partial charge in [0.05, 0.1) is 5.70 Å². The summed E-state index contributed by atoms with van der Waals surface area (Å²) < 4.78 is 0. The van der Waals surface area contributed by atoms with Crippen LogP contribution in [0, 0.1) is 0 Å². The zero-order valence-electron chi connectivity index (χ0n) is 8.79. The molecule has 0 aromatic heterocycles. The molecule has 0 radical (unpaired) electrons. The maximum Gasteiger partial charge on any atom is 0.358 e. The fourth-order valence-corrected chi connectivity index (χ4v) is 0.656. The van der Waals surface area contributed by atoms with E-state index >= 15 is 0 Å². The molecule has 78 valence electrons. The highest BCUT2D eigenvalue weighted by Crippen LogP contribution is 2.09. The third-order valence-corrected chi connectivity index (χ3v) is 1.50. The van der Waals surface area contributed by atoms with Gasteiger partial charge in [0, 0.05) is 12.5 Å². The molecule has 0 heterocycles. The highest BCUT2D eigenvalue weighted by molar-refractivity contribution is 5.88. The largest absolute Gasteiger partial charge is 0.358 e. The molecular weight excluding hydrogens is 182 g/mol. The Morgan fingerprint density at radius 3 is 2.07 bits per heavy atom. The fourth-order valence-electron chi connectivity index (χ4n) is 0.656. The standard InChI is InChI=1S/C10H15NO3/c1-6-8(4)11(9(5)12)14-10(13)7(2)3/h2,4,6H2,1,3,5H3. The van der Waals surface area contributed by atoms with Crippen LogP contribution in [0.1, 0.15) is 27.2 Å². The maximum atomic E-state index is 11.1. The Bertz CT molecular complexity index is 281. The molecule has 0 spiro atoms. The van der Waals surface area contributed by atoms with Crippen molar-refractivity contribution >= 4 is 11.9 Å². The first kappa shape index (κ1) is 12.4. The van der Waals surface area contributed by atoms with Gasteiger partial charge < -0.3 is 4.84 Å². The molecule has 4 nitrogen and oxygen atoms in total. The molecule has 0 aliphatic rings. The molecule has 0 unspecified atom stereocenters. The molecule has 0 N–H and O–H groups in total. The second kappa shape index (κ2) is 5.21. The van der Waals surface area contributed by atoms with Crippen LogP contribution in [0.2, 0.25) is 0 Å². The molecule has 0 atom stereocenters. The first-order valence-corrected chi connectivity index (χ1v) is 4.26. The number of hydrogen-bond acceptors (Lipinski definition) is 3. The van der Waals surface area contributed by atoms with Gasteiger partial charge in [-0.15, -0.1) is 5.06 Å². The van der Waals surface area contributed by atoms with Gasteiger partial charge in [0.15, 0.2) is 0 Å². The van der Waals surface area contributed by atoms with Gasteiger partial charge in [0.2, 0.25) is 0 Å². The third-order valence-electron chi connectivity index (χ3n) is 1.50. The van der Waals surface area contributed by atoms with Crippen molar-refractivity contribution in [3.05, 3.63) is 24.4 Å². The number of rotatable bonds is 3. The molecule has 0 bridgehead atoms. The monoisotopic (exact) mass is 197 g/mol. The summed E-state index contributed by atoms with van der Waals surface area (Å²) in [5, 5.41) is 0.886. The van der Waals surface area contributed by atoms with Gasteiger partial charge in [-0.1, -0.05) is 20.1 Å². The Balaban J connectivity index is 4.54. The maximum absolute atomic E-state index is 11.1. The van der Waals surface area contributed by atoms with E-state index in [1.807, 2.05) is 6.92 Å². The molecule has 14 heavy (non-hydrogen) atoms. The third kappa shape index (κ3) is 3.43. The van der Waals surface area contributed by atoms with Crippen LogP contribution >= 0.6 is 0 Å². The van der Waals surface area contributed by atoms with Gasteiger partial charge in [-0.25, -0.2) is 4.79 Å². The van der Waals surface area contributed by atoms with E-state index in [2.05, 4.69) is 13.2 Å². The quantitative estimate of drug-likeness (QED) is 0.512. The van der Waals surface area contributed by atoms with Crippen molar-refractivity contribution in [3.63, 3.8) is 0 Å². The molecule has 0 aromatic carbocycles. The topological polar surface area (TPSA) is 46.6 Å². The highest BCUT2D eigenvalue weighted by Gasteiger charge is 2.17. The minimum absolute atomic E-state index is 0.236. The first-order valence-electron chi connectivity index (χ1n) is 4.26. The average molecular weight is 197 g/mol. The van der Waals surface area contributed by atoms with Gasteiger partial charge in [-0.3, -0.25) is 4.79 Å². The van der Waals surface area contributed by atoms with E-state index in [1.165, 1.54) is 13.8 Å². The number of nitrogens with zero attached hydrogens (tertiary/aromatic N) is 1. The average Bonchev–Trinajstić information content (AvgIpc) is 2.11. The van der Waals surface area contributed by atoms with Crippen LogP contribution in [-0.2, 0) is 14.4 Å². The molecule has 0 aromatic rings. The Kier molecular flexibility index (Phi) is 4.63. The Labute approximate surface area is 83.8 Å². The lowest BCUT2D eigenvalue weighted by Gasteiger charge is -2.20. The lowest BCUT2D eigenvalue weighted by molar-refractivity contribution is -0.185. The van der Waals surface area contributed by atoms with Gasteiger partial charge in [-0.2, -0.15) is 0 Å². The SMILES string of the molecule is C=C(C)C(=O)ON(C(=C)CC)C(C)=O. The number of allylic oxidation sites excluding steroid dienone is 1. The Morgan fingerprint density at radius 1 is 1.29 bits per heavy atom. The Hall–Kier alpha value is -1.58. The van der Waals surface area contributed by atoms with E-state index in [1.54, 1.807) is 0 Å². The number of hydrogen-bond donors (Lipinski definition) is 0. The minimum Gasteiger partial charge on any atom is -0.328 e. The normalized spacial score (nSPS) is 9.07. The van der Waals surface area contributed by atoms with Crippen LogP contribution in [0.3, 0.4) is 0 Å². The zero-order valence-corrected chi connectivity index (χ0v) is 8.79. The number of amides is 1. The summed E-state index contributed by atoms with van der Waals surface area (Å²) in [6.45, 7) is 11.6. The van der Waals surface area contributed by atoms with Crippen LogP contribution in [0.25, 0.3) is 0 Å². The van der Waals surface area contributed by atoms with Crippen LogP contribution in [0.5, 0.6) is 0 Å². The van der Waals surface area contributed by atoms with Crippen molar-refractivity contribution in [3.8, 4) is 0 Å². The molecule has 1 amide bonds. The van der Waals surface area contributed by atoms with Crippen LogP contribution < -0.4 is 0 Å². The predicted octanol–water partition coefficient (Wildman–Crippen LogP) is 1.79. The zero-order chi connectivity index (χ0) is 11.3. The van der Waals surface area contributed by atoms with Crippen molar-refractivity contribution in [2.45, 2.75) is 27.2 Å². The van der Waals surface area contributed by atoms with E-state index in [0.29, 0.717) is 12.1 Å². The number of carbonyl (C=O) groups is 2. The van der Waals surface area contributed by atoms with Crippen LogP contribution in [-0.4, -0.2) is 16.9 Å². The summed E-state index contributed by atoms with van der Waals surface area (Å²) in [5.74, 6) is -1.01. The van der Waals surface area contributed by atoms with E-state index in [4.69, 9.17) is 4.84 Å². The van der Waals surface area contributed by atoms with Crippen LogP contribution in [0.15, 0.2) is 24.4 Å². The van der Waals surface area contributed by atoms with Crippen molar-refractivity contribution in [2.75, 3.05) is 0 Å². The summed E-state index contributed by atoms with van der Waals surface area (Å²) in [7, 11) is 0. The molecule has 0 aliphatic carbocycles. The second-order valence-electron chi connectivity index (χ2n) is 2.89. The molecule has 0 rings (SSSR count). The lowest BCUT2D eigenvalue weighted by Crippen LogP contribution is -2.30. The number of hydroxylamine groups is 2. The van der Waals surface area contributed by atoms with E-state index < -0.39 is 5.97 Å². The summed E-state index contributed by atoms with van der Waals surface area (Å²) in [6, 6.07) is 0.